The van der Waals surface area contributed by atoms with Gasteiger partial charge in [0.15, 0.2) is 0 Å². The summed E-state index contributed by atoms with van der Waals surface area (Å²) in [6, 6.07) is 8.15. The number of ether oxygens (including phenoxy) is 1. The van der Waals surface area contributed by atoms with Crippen molar-refractivity contribution in [2.75, 3.05) is 12.5 Å². The summed E-state index contributed by atoms with van der Waals surface area (Å²) in [5, 5.41) is 0. The third-order valence-corrected chi connectivity index (χ3v) is 2.18. The Hall–Kier alpha value is -0.790. The van der Waals surface area contributed by atoms with E-state index in [1.54, 1.807) is 0 Å². The number of fused-ring (bicyclic) bond motifs is 1. The SMILES string of the molecule is ClCCOC1[C]=Cc2ccccc21. The molecule has 0 amide bonds. The maximum absolute atomic E-state index is 5.54. The molecule has 0 N–H and O–H groups in total. The molecule has 2 rings (SSSR count). The summed E-state index contributed by atoms with van der Waals surface area (Å²) < 4.78 is 5.50. The van der Waals surface area contributed by atoms with Gasteiger partial charge in [0.05, 0.1) is 6.61 Å². The molecule has 1 nitrogen and oxygen atoms in total. The fourth-order valence-electron chi connectivity index (χ4n) is 1.44. The van der Waals surface area contributed by atoms with Gasteiger partial charge in [-0.3, -0.25) is 0 Å². The first-order valence-electron chi connectivity index (χ1n) is 4.27. The van der Waals surface area contributed by atoms with Gasteiger partial charge < -0.3 is 4.74 Å². The molecule has 13 heavy (non-hydrogen) atoms. The van der Waals surface area contributed by atoms with Crippen molar-refractivity contribution < 1.29 is 4.74 Å². The lowest BCUT2D eigenvalue weighted by atomic mass is 10.1. The number of halogens is 1. The fourth-order valence-corrected chi connectivity index (χ4v) is 1.53. The lowest BCUT2D eigenvalue weighted by molar-refractivity contribution is 0.0957. The van der Waals surface area contributed by atoms with Gasteiger partial charge in [-0.1, -0.05) is 24.3 Å². The quantitative estimate of drug-likeness (QED) is 0.671. The van der Waals surface area contributed by atoms with Crippen molar-refractivity contribution in [3.8, 4) is 0 Å². The summed E-state index contributed by atoms with van der Waals surface area (Å²) in [6.45, 7) is 0.571. The Balaban J connectivity index is 2.14. The largest absolute Gasteiger partial charge is 0.368 e. The Labute approximate surface area is 83.0 Å². The number of alkyl halides is 1. The summed E-state index contributed by atoms with van der Waals surface area (Å²) in [5.74, 6) is 0.528. The second kappa shape index (κ2) is 3.95. The van der Waals surface area contributed by atoms with Crippen LogP contribution in [0.3, 0.4) is 0 Å². The Bertz CT molecular complexity index is 320. The lowest BCUT2D eigenvalue weighted by Crippen LogP contribution is -2.02. The third-order valence-electron chi connectivity index (χ3n) is 2.03. The molecule has 0 spiro atoms. The van der Waals surface area contributed by atoms with E-state index in [2.05, 4.69) is 18.2 Å². The Kier molecular flexibility index (Phi) is 2.67. The summed E-state index contributed by atoms with van der Waals surface area (Å²) in [7, 11) is 0. The van der Waals surface area contributed by atoms with E-state index in [9.17, 15) is 0 Å². The van der Waals surface area contributed by atoms with Crippen molar-refractivity contribution in [1.82, 2.24) is 0 Å². The Morgan fingerprint density at radius 3 is 3.08 bits per heavy atom. The van der Waals surface area contributed by atoms with Crippen LogP contribution in [-0.4, -0.2) is 12.5 Å². The standard InChI is InChI=1S/C11H10ClO/c12-7-8-13-11-6-5-9-3-1-2-4-10(9)11/h1-5,11H,7-8H2. The molecule has 2 heteroatoms. The molecule has 0 saturated carbocycles. The van der Waals surface area contributed by atoms with E-state index in [-0.39, 0.29) is 6.10 Å². The van der Waals surface area contributed by atoms with Crippen LogP contribution in [0.4, 0.5) is 0 Å². The minimum atomic E-state index is -0.0186. The zero-order chi connectivity index (χ0) is 9.10. The minimum absolute atomic E-state index is 0.0186. The molecule has 1 aliphatic rings. The van der Waals surface area contributed by atoms with E-state index >= 15 is 0 Å². The fraction of sp³-hybridized carbons (Fsp3) is 0.273. The maximum atomic E-state index is 5.54. The summed E-state index contributed by atoms with van der Waals surface area (Å²) >= 11 is 5.54. The molecule has 0 aliphatic heterocycles. The van der Waals surface area contributed by atoms with Gasteiger partial charge in [-0.25, -0.2) is 0 Å². The minimum Gasteiger partial charge on any atom is -0.368 e. The van der Waals surface area contributed by atoms with Crippen LogP contribution in [0.5, 0.6) is 0 Å². The molecular weight excluding hydrogens is 184 g/mol. The number of rotatable bonds is 3. The maximum Gasteiger partial charge on any atom is 0.109 e. The molecule has 67 valence electrons. The van der Waals surface area contributed by atoms with Crippen molar-refractivity contribution >= 4 is 17.7 Å². The van der Waals surface area contributed by atoms with Crippen LogP contribution < -0.4 is 0 Å². The molecule has 0 saturated heterocycles. The smallest absolute Gasteiger partial charge is 0.109 e. The first kappa shape index (κ1) is 8.79. The van der Waals surface area contributed by atoms with Crippen LogP contribution in [0.25, 0.3) is 6.08 Å². The van der Waals surface area contributed by atoms with E-state index in [1.165, 1.54) is 11.1 Å². The van der Waals surface area contributed by atoms with Crippen molar-refractivity contribution in [2.24, 2.45) is 0 Å². The van der Waals surface area contributed by atoms with Gasteiger partial charge in [0.25, 0.3) is 0 Å². The molecule has 1 radical (unpaired) electrons. The van der Waals surface area contributed by atoms with E-state index in [4.69, 9.17) is 16.3 Å². The number of hydrogen-bond acceptors (Lipinski definition) is 1. The molecule has 1 aliphatic carbocycles. The summed E-state index contributed by atoms with van der Waals surface area (Å²) in [4.78, 5) is 0. The van der Waals surface area contributed by atoms with Crippen LogP contribution in [0.1, 0.15) is 17.2 Å². The van der Waals surface area contributed by atoms with Gasteiger partial charge in [-0.2, -0.15) is 0 Å². The highest BCUT2D eigenvalue weighted by Gasteiger charge is 2.16. The van der Waals surface area contributed by atoms with Crippen LogP contribution in [0, 0.1) is 6.08 Å². The van der Waals surface area contributed by atoms with Crippen molar-refractivity contribution in [1.29, 1.82) is 0 Å². The van der Waals surface area contributed by atoms with Gasteiger partial charge in [-0.05, 0) is 23.3 Å². The normalized spacial score (nSPS) is 19.0. The monoisotopic (exact) mass is 193 g/mol. The van der Waals surface area contributed by atoms with Crippen LogP contribution in [0.15, 0.2) is 24.3 Å². The van der Waals surface area contributed by atoms with Gasteiger partial charge >= 0.3 is 0 Å². The zero-order valence-corrected chi connectivity index (χ0v) is 7.92. The zero-order valence-electron chi connectivity index (χ0n) is 7.16. The van der Waals surface area contributed by atoms with E-state index in [0.29, 0.717) is 12.5 Å². The first-order chi connectivity index (χ1) is 6.42. The van der Waals surface area contributed by atoms with Crippen molar-refractivity contribution in [2.45, 2.75) is 6.10 Å². The Morgan fingerprint density at radius 2 is 2.23 bits per heavy atom. The average molecular weight is 194 g/mol. The molecule has 0 heterocycles. The summed E-state index contributed by atoms with van der Waals surface area (Å²) in [6.07, 6.45) is 5.10. The molecule has 0 bridgehead atoms. The van der Waals surface area contributed by atoms with Gasteiger partial charge in [0.2, 0.25) is 0 Å². The second-order valence-corrected chi connectivity index (χ2v) is 3.26. The van der Waals surface area contributed by atoms with Gasteiger partial charge in [-0.15, -0.1) is 11.6 Å². The lowest BCUT2D eigenvalue weighted by Gasteiger charge is -2.10. The highest BCUT2D eigenvalue weighted by molar-refractivity contribution is 6.17. The van der Waals surface area contributed by atoms with Crippen LogP contribution in [-0.2, 0) is 4.74 Å². The van der Waals surface area contributed by atoms with Gasteiger partial charge in [0.1, 0.15) is 6.10 Å². The highest BCUT2D eigenvalue weighted by atomic mass is 35.5. The van der Waals surface area contributed by atoms with E-state index in [1.807, 2.05) is 18.2 Å². The van der Waals surface area contributed by atoms with Crippen LogP contribution in [0.2, 0.25) is 0 Å². The first-order valence-corrected chi connectivity index (χ1v) is 4.81. The molecule has 1 aromatic carbocycles. The van der Waals surface area contributed by atoms with E-state index in [0.717, 1.165) is 0 Å². The van der Waals surface area contributed by atoms with Gasteiger partial charge in [0, 0.05) is 5.88 Å². The summed E-state index contributed by atoms with van der Waals surface area (Å²) in [5.41, 5.74) is 2.38. The third kappa shape index (κ3) is 1.77. The molecule has 1 unspecified atom stereocenters. The Morgan fingerprint density at radius 1 is 1.38 bits per heavy atom. The topological polar surface area (TPSA) is 9.23 Å². The molecule has 0 aromatic heterocycles. The molecule has 0 fully saturated rings. The average Bonchev–Trinajstić information content (AvgIpc) is 2.58. The molecular formula is C11H10ClO. The molecule has 1 aromatic rings. The van der Waals surface area contributed by atoms with Crippen molar-refractivity contribution in [3.63, 3.8) is 0 Å². The van der Waals surface area contributed by atoms with Crippen LogP contribution >= 0.6 is 11.6 Å². The second-order valence-electron chi connectivity index (χ2n) is 2.88. The number of hydrogen-bond donors (Lipinski definition) is 0. The van der Waals surface area contributed by atoms with Crippen molar-refractivity contribution in [3.05, 3.63) is 41.5 Å². The predicted molar refractivity (Wildman–Crippen MR) is 53.6 cm³/mol. The number of benzene rings is 1. The van der Waals surface area contributed by atoms with E-state index < -0.39 is 0 Å². The predicted octanol–water partition coefficient (Wildman–Crippen LogP) is 2.81. The highest BCUT2D eigenvalue weighted by Crippen LogP contribution is 2.29. The molecule has 1 atom stereocenters.